The molecule has 0 radical (unpaired) electrons. The third kappa shape index (κ3) is 5.18. The van der Waals surface area contributed by atoms with Crippen molar-refractivity contribution in [1.82, 2.24) is 0 Å². The molecule has 23 heavy (non-hydrogen) atoms. The highest BCUT2D eigenvalue weighted by molar-refractivity contribution is 6.31. The molecule has 1 aromatic carbocycles. The van der Waals surface area contributed by atoms with Crippen molar-refractivity contribution >= 4 is 17.6 Å². The largest absolute Gasteiger partial charge is 0.460 e. The van der Waals surface area contributed by atoms with Crippen LogP contribution in [0.2, 0.25) is 5.02 Å². The average Bonchev–Trinajstić information content (AvgIpc) is 2.53. The number of hydrogen-bond donors (Lipinski definition) is 0. The van der Waals surface area contributed by atoms with Crippen LogP contribution in [0.4, 0.5) is 0 Å². The molecule has 1 unspecified atom stereocenters. The Hall–Kier alpha value is -1.14. The molecule has 0 amide bonds. The maximum absolute atomic E-state index is 11.2. The summed E-state index contributed by atoms with van der Waals surface area (Å²) in [7, 11) is 0. The SMILES string of the molecule is CC[C@H]1OC[C@@H](OCc2ccccc2Cl)[C@@H](C(C)OC(C)=O)O1. The zero-order valence-electron chi connectivity index (χ0n) is 13.7. The van der Waals surface area contributed by atoms with Crippen LogP contribution in [0.15, 0.2) is 24.3 Å². The molecule has 0 bridgehead atoms. The zero-order chi connectivity index (χ0) is 16.8. The van der Waals surface area contributed by atoms with Crippen molar-refractivity contribution < 1.29 is 23.7 Å². The minimum absolute atomic E-state index is 0.307. The van der Waals surface area contributed by atoms with Crippen molar-refractivity contribution in [2.75, 3.05) is 6.61 Å². The van der Waals surface area contributed by atoms with Crippen LogP contribution in [-0.4, -0.2) is 37.2 Å². The van der Waals surface area contributed by atoms with Crippen molar-refractivity contribution in [3.63, 3.8) is 0 Å². The van der Waals surface area contributed by atoms with Crippen LogP contribution in [0.5, 0.6) is 0 Å². The van der Waals surface area contributed by atoms with Crippen LogP contribution in [0, 0.1) is 0 Å². The number of esters is 1. The Kier molecular flexibility index (Phi) is 6.84. The summed E-state index contributed by atoms with van der Waals surface area (Å²) < 4.78 is 22.7. The molecule has 1 fully saturated rings. The van der Waals surface area contributed by atoms with Crippen LogP contribution in [-0.2, 0) is 30.3 Å². The van der Waals surface area contributed by atoms with Crippen molar-refractivity contribution in [1.29, 1.82) is 0 Å². The summed E-state index contributed by atoms with van der Waals surface area (Å²) in [5, 5.41) is 0.654. The van der Waals surface area contributed by atoms with Crippen LogP contribution < -0.4 is 0 Å². The maximum atomic E-state index is 11.2. The molecule has 1 aromatic rings. The second kappa shape index (κ2) is 8.64. The molecular weight excluding hydrogens is 320 g/mol. The first-order chi connectivity index (χ1) is 11.0. The second-order valence-electron chi connectivity index (χ2n) is 5.53. The van der Waals surface area contributed by atoms with Gasteiger partial charge >= 0.3 is 5.97 Å². The van der Waals surface area contributed by atoms with Gasteiger partial charge in [0.05, 0.1) is 13.2 Å². The topological polar surface area (TPSA) is 54.0 Å². The van der Waals surface area contributed by atoms with E-state index in [-0.39, 0.29) is 24.5 Å². The molecule has 6 heteroatoms. The van der Waals surface area contributed by atoms with Crippen LogP contribution in [0.3, 0.4) is 0 Å². The normalized spacial score (nSPS) is 25.8. The van der Waals surface area contributed by atoms with Crippen LogP contribution in [0.25, 0.3) is 0 Å². The van der Waals surface area contributed by atoms with E-state index in [1.54, 1.807) is 6.92 Å². The van der Waals surface area contributed by atoms with Gasteiger partial charge < -0.3 is 18.9 Å². The number of rotatable bonds is 6. The highest BCUT2D eigenvalue weighted by Crippen LogP contribution is 2.24. The van der Waals surface area contributed by atoms with Crippen LogP contribution in [0.1, 0.15) is 32.8 Å². The number of hydrogen-bond acceptors (Lipinski definition) is 5. The van der Waals surface area contributed by atoms with Gasteiger partial charge in [-0.3, -0.25) is 4.79 Å². The Balaban J connectivity index is 2.01. The average molecular weight is 343 g/mol. The predicted octanol–water partition coefficient (Wildman–Crippen LogP) is 3.33. The lowest BCUT2D eigenvalue weighted by atomic mass is 10.1. The molecule has 5 nitrogen and oxygen atoms in total. The second-order valence-corrected chi connectivity index (χ2v) is 5.93. The van der Waals surface area contributed by atoms with Gasteiger partial charge in [-0.2, -0.15) is 0 Å². The molecular formula is C17H23ClO5. The number of benzene rings is 1. The lowest BCUT2D eigenvalue weighted by Gasteiger charge is -2.38. The zero-order valence-corrected chi connectivity index (χ0v) is 14.4. The van der Waals surface area contributed by atoms with Crippen molar-refractivity contribution in [3.05, 3.63) is 34.9 Å². The number of halogens is 1. The van der Waals surface area contributed by atoms with Gasteiger partial charge in [-0.15, -0.1) is 0 Å². The first-order valence-electron chi connectivity index (χ1n) is 7.80. The molecule has 0 aliphatic carbocycles. The molecule has 0 spiro atoms. The van der Waals surface area contributed by atoms with E-state index in [9.17, 15) is 4.79 Å². The summed E-state index contributed by atoms with van der Waals surface area (Å²) in [5.41, 5.74) is 0.894. The third-order valence-corrected chi connectivity index (χ3v) is 4.05. The summed E-state index contributed by atoms with van der Waals surface area (Å²) >= 11 is 6.14. The Morgan fingerprint density at radius 1 is 1.43 bits per heavy atom. The van der Waals surface area contributed by atoms with E-state index in [1.807, 2.05) is 31.2 Å². The first-order valence-corrected chi connectivity index (χ1v) is 8.18. The predicted molar refractivity (Wildman–Crippen MR) is 86.2 cm³/mol. The molecule has 1 saturated heterocycles. The van der Waals surface area contributed by atoms with Gasteiger partial charge in [0.15, 0.2) is 6.29 Å². The monoisotopic (exact) mass is 342 g/mol. The van der Waals surface area contributed by atoms with Crippen molar-refractivity contribution in [2.24, 2.45) is 0 Å². The quantitative estimate of drug-likeness (QED) is 0.742. The summed E-state index contributed by atoms with van der Waals surface area (Å²) in [6.07, 6.45) is -0.705. The van der Waals surface area contributed by atoms with E-state index in [0.717, 1.165) is 12.0 Å². The van der Waals surface area contributed by atoms with Gasteiger partial charge in [-0.25, -0.2) is 0 Å². The van der Waals surface area contributed by atoms with E-state index in [4.69, 9.17) is 30.5 Å². The van der Waals surface area contributed by atoms with Gasteiger partial charge in [0.1, 0.15) is 18.3 Å². The lowest BCUT2D eigenvalue weighted by Crippen LogP contribution is -2.51. The molecule has 0 saturated carbocycles. The Morgan fingerprint density at radius 2 is 2.17 bits per heavy atom. The number of carbonyl (C=O) groups excluding carboxylic acids is 1. The third-order valence-electron chi connectivity index (χ3n) is 3.68. The summed E-state index contributed by atoms with van der Waals surface area (Å²) in [5.74, 6) is -0.342. The molecule has 2 rings (SSSR count). The smallest absolute Gasteiger partial charge is 0.302 e. The molecule has 0 N–H and O–H groups in total. The van der Waals surface area contributed by atoms with Gasteiger partial charge in [-0.1, -0.05) is 36.7 Å². The number of carbonyl (C=O) groups is 1. The van der Waals surface area contributed by atoms with E-state index in [2.05, 4.69) is 0 Å². The van der Waals surface area contributed by atoms with Crippen molar-refractivity contribution in [2.45, 2.75) is 58.4 Å². The molecule has 1 heterocycles. The molecule has 4 atom stereocenters. The Morgan fingerprint density at radius 3 is 2.83 bits per heavy atom. The van der Waals surface area contributed by atoms with E-state index < -0.39 is 6.10 Å². The molecule has 1 aliphatic rings. The first kappa shape index (κ1) is 18.2. The fourth-order valence-electron chi connectivity index (χ4n) is 2.51. The van der Waals surface area contributed by atoms with E-state index >= 15 is 0 Å². The standard InChI is InChI=1S/C17H23ClO5/c1-4-16-21-10-15(17(23-16)11(2)22-12(3)19)20-9-13-7-5-6-8-14(13)18/h5-8,11,15-17H,4,9-10H2,1-3H3/t11?,15-,16+,17-/m1/s1. The minimum atomic E-state index is -0.415. The van der Waals surface area contributed by atoms with Gasteiger partial charge in [-0.05, 0) is 25.0 Å². The van der Waals surface area contributed by atoms with Crippen LogP contribution >= 0.6 is 11.6 Å². The van der Waals surface area contributed by atoms with E-state index in [0.29, 0.717) is 18.2 Å². The van der Waals surface area contributed by atoms with Gasteiger partial charge in [0, 0.05) is 11.9 Å². The fourth-order valence-corrected chi connectivity index (χ4v) is 2.70. The highest BCUT2D eigenvalue weighted by Gasteiger charge is 2.37. The Bertz CT molecular complexity index is 521. The summed E-state index contributed by atoms with van der Waals surface area (Å²) in [6, 6.07) is 7.51. The summed E-state index contributed by atoms with van der Waals surface area (Å²) in [6.45, 7) is 5.89. The molecule has 0 aromatic heterocycles. The van der Waals surface area contributed by atoms with Crippen molar-refractivity contribution in [3.8, 4) is 0 Å². The van der Waals surface area contributed by atoms with Gasteiger partial charge in [0.2, 0.25) is 0 Å². The van der Waals surface area contributed by atoms with Gasteiger partial charge in [0.25, 0.3) is 0 Å². The lowest BCUT2D eigenvalue weighted by molar-refractivity contribution is -0.281. The minimum Gasteiger partial charge on any atom is -0.460 e. The Labute approximate surface area is 141 Å². The molecule has 1 aliphatic heterocycles. The van der Waals surface area contributed by atoms with E-state index in [1.165, 1.54) is 6.92 Å². The fraction of sp³-hybridized carbons (Fsp3) is 0.588. The maximum Gasteiger partial charge on any atom is 0.302 e. The molecule has 128 valence electrons. The highest BCUT2D eigenvalue weighted by atomic mass is 35.5. The summed E-state index contributed by atoms with van der Waals surface area (Å²) in [4.78, 5) is 11.2. The number of ether oxygens (including phenoxy) is 4.